The summed E-state index contributed by atoms with van der Waals surface area (Å²) in [7, 11) is -2.10. The summed E-state index contributed by atoms with van der Waals surface area (Å²) in [5.41, 5.74) is 2.17. The zero-order valence-electron chi connectivity index (χ0n) is 18.9. The lowest BCUT2D eigenvalue weighted by Crippen LogP contribution is -2.35. The molecule has 0 N–H and O–H groups in total. The molecule has 0 saturated carbocycles. The number of amides is 1. The second-order valence-electron chi connectivity index (χ2n) is 8.37. The fourth-order valence-electron chi connectivity index (χ4n) is 3.69. The molecule has 0 aromatic heterocycles. The van der Waals surface area contributed by atoms with Crippen LogP contribution in [0.3, 0.4) is 0 Å². The molecule has 1 heterocycles. The van der Waals surface area contributed by atoms with Gasteiger partial charge in [-0.05, 0) is 56.2 Å². The molecule has 1 aliphatic heterocycles. The van der Waals surface area contributed by atoms with Crippen molar-refractivity contribution in [1.82, 2.24) is 14.1 Å². The molecule has 1 aliphatic rings. The molecular weight excluding hydrogens is 424 g/mol. The maximum Gasteiger partial charge on any atom is 0.253 e. The molecule has 2 aromatic carbocycles. The van der Waals surface area contributed by atoms with Gasteiger partial charge >= 0.3 is 0 Å². The number of carbonyl (C=O) groups excluding carboxylic acids is 1. The van der Waals surface area contributed by atoms with Gasteiger partial charge in [0.2, 0.25) is 10.0 Å². The summed E-state index contributed by atoms with van der Waals surface area (Å²) in [6, 6.07) is 15.8. The number of hydrogen-bond donors (Lipinski definition) is 0. The van der Waals surface area contributed by atoms with Gasteiger partial charge in [-0.2, -0.15) is 9.57 Å². The molecule has 170 valence electrons. The van der Waals surface area contributed by atoms with Gasteiger partial charge < -0.3 is 4.90 Å². The summed E-state index contributed by atoms with van der Waals surface area (Å²) in [4.78, 5) is 17.4. The molecule has 1 saturated heterocycles. The van der Waals surface area contributed by atoms with Crippen LogP contribution in [0.4, 0.5) is 0 Å². The Kier molecular flexibility index (Phi) is 7.67. The second kappa shape index (κ2) is 10.3. The average Bonchev–Trinajstić information content (AvgIpc) is 3.04. The van der Waals surface area contributed by atoms with Crippen LogP contribution in [0.15, 0.2) is 53.4 Å². The number of nitriles is 1. The van der Waals surface area contributed by atoms with E-state index in [9.17, 15) is 13.2 Å². The molecule has 0 bridgehead atoms. The first-order chi connectivity index (χ1) is 15.2. The van der Waals surface area contributed by atoms with Gasteiger partial charge in [0.1, 0.15) is 0 Å². The number of benzene rings is 2. The third kappa shape index (κ3) is 5.54. The van der Waals surface area contributed by atoms with Gasteiger partial charge in [0, 0.05) is 51.4 Å². The molecule has 3 rings (SSSR count). The summed E-state index contributed by atoms with van der Waals surface area (Å²) in [5, 5.41) is 8.94. The van der Waals surface area contributed by atoms with E-state index in [0.717, 1.165) is 31.6 Å². The highest BCUT2D eigenvalue weighted by atomic mass is 32.2. The largest absolute Gasteiger partial charge is 0.337 e. The highest BCUT2D eigenvalue weighted by molar-refractivity contribution is 7.89. The first-order valence-electron chi connectivity index (χ1n) is 10.8. The lowest BCUT2D eigenvalue weighted by molar-refractivity contribution is 0.0761. The molecule has 0 spiro atoms. The minimum absolute atomic E-state index is 0.136. The van der Waals surface area contributed by atoms with Crippen LogP contribution in [-0.2, 0) is 16.6 Å². The van der Waals surface area contributed by atoms with E-state index in [4.69, 9.17) is 5.26 Å². The third-order valence-electron chi connectivity index (χ3n) is 5.85. The van der Waals surface area contributed by atoms with E-state index >= 15 is 0 Å². The van der Waals surface area contributed by atoms with Crippen molar-refractivity contribution in [2.75, 3.05) is 33.2 Å². The Balaban J connectivity index is 1.67. The Morgan fingerprint density at radius 2 is 1.81 bits per heavy atom. The Labute approximate surface area is 190 Å². The van der Waals surface area contributed by atoms with E-state index < -0.39 is 10.0 Å². The van der Waals surface area contributed by atoms with Gasteiger partial charge in [-0.1, -0.05) is 18.2 Å². The van der Waals surface area contributed by atoms with E-state index in [-0.39, 0.29) is 16.8 Å². The predicted molar refractivity (Wildman–Crippen MR) is 123 cm³/mol. The summed E-state index contributed by atoms with van der Waals surface area (Å²) in [5.74, 6) is -0.144. The second-order valence-corrected chi connectivity index (χ2v) is 10.4. The van der Waals surface area contributed by atoms with Crippen LogP contribution in [0.1, 0.15) is 41.8 Å². The number of rotatable bonds is 6. The van der Waals surface area contributed by atoms with Crippen molar-refractivity contribution in [2.24, 2.45) is 0 Å². The zero-order valence-corrected chi connectivity index (χ0v) is 19.7. The van der Waals surface area contributed by atoms with Crippen LogP contribution >= 0.6 is 0 Å². The van der Waals surface area contributed by atoms with Crippen LogP contribution in [-0.4, -0.2) is 67.7 Å². The van der Waals surface area contributed by atoms with Crippen molar-refractivity contribution >= 4 is 15.9 Å². The lowest BCUT2D eigenvalue weighted by Gasteiger charge is -2.23. The fraction of sp³-hybridized carbons (Fsp3) is 0.417. The summed E-state index contributed by atoms with van der Waals surface area (Å²) < 4.78 is 26.9. The lowest BCUT2D eigenvalue weighted by atomic mass is 10.1. The molecule has 2 aromatic rings. The summed E-state index contributed by atoms with van der Waals surface area (Å²) in [6.07, 6.45) is 0.843. The van der Waals surface area contributed by atoms with Gasteiger partial charge in [-0.15, -0.1) is 0 Å². The van der Waals surface area contributed by atoms with Crippen molar-refractivity contribution < 1.29 is 13.2 Å². The van der Waals surface area contributed by atoms with Crippen molar-refractivity contribution in [3.63, 3.8) is 0 Å². The minimum Gasteiger partial charge on any atom is -0.337 e. The van der Waals surface area contributed by atoms with Crippen molar-refractivity contribution in [2.45, 2.75) is 37.8 Å². The molecule has 0 aliphatic carbocycles. The van der Waals surface area contributed by atoms with Crippen LogP contribution < -0.4 is 0 Å². The summed E-state index contributed by atoms with van der Waals surface area (Å²) in [6.45, 7) is 7.21. The molecule has 7 nitrogen and oxygen atoms in total. The van der Waals surface area contributed by atoms with Crippen LogP contribution in [0.5, 0.6) is 0 Å². The SMILES string of the molecule is CC(C)N(C)S(=O)(=O)c1cccc(C(=O)N2CCCN(Cc3ccc(C#N)cc3)CC2)c1. The predicted octanol–water partition coefficient (Wildman–Crippen LogP) is 2.94. The first kappa shape index (κ1) is 23.9. The topological polar surface area (TPSA) is 84.7 Å². The Hall–Kier alpha value is -2.73. The molecule has 1 fully saturated rings. The van der Waals surface area contributed by atoms with E-state index in [1.165, 1.54) is 16.4 Å². The fourth-order valence-corrected chi connectivity index (χ4v) is 5.11. The molecule has 0 radical (unpaired) electrons. The number of hydrogen-bond acceptors (Lipinski definition) is 5. The highest BCUT2D eigenvalue weighted by Gasteiger charge is 2.25. The minimum atomic E-state index is -3.65. The standard InChI is InChI=1S/C24H30N4O3S/c1-19(2)26(3)32(30,31)23-7-4-6-22(16-23)24(29)28-13-5-12-27(14-15-28)18-21-10-8-20(17-25)9-11-21/h4,6-11,16,19H,5,12-15,18H2,1-3H3. The van der Waals surface area contributed by atoms with E-state index in [1.54, 1.807) is 24.1 Å². The number of nitrogens with zero attached hydrogens (tertiary/aromatic N) is 4. The Morgan fingerprint density at radius 3 is 2.47 bits per heavy atom. The van der Waals surface area contributed by atoms with Crippen molar-refractivity contribution in [1.29, 1.82) is 5.26 Å². The highest BCUT2D eigenvalue weighted by Crippen LogP contribution is 2.19. The number of sulfonamides is 1. The average molecular weight is 455 g/mol. The summed E-state index contributed by atoms with van der Waals surface area (Å²) >= 11 is 0. The van der Waals surface area contributed by atoms with Crippen LogP contribution in [0, 0.1) is 11.3 Å². The smallest absolute Gasteiger partial charge is 0.253 e. The molecule has 1 amide bonds. The molecular formula is C24H30N4O3S. The molecule has 0 unspecified atom stereocenters. The van der Waals surface area contributed by atoms with E-state index in [1.807, 2.05) is 38.1 Å². The monoisotopic (exact) mass is 454 g/mol. The molecule has 8 heteroatoms. The Morgan fingerprint density at radius 1 is 1.09 bits per heavy atom. The normalized spacial score (nSPS) is 15.6. The third-order valence-corrected chi connectivity index (χ3v) is 7.88. The molecule has 32 heavy (non-hydrogen) atoms. The van der Waals surface area contributed by atoms with Gasteiger partial charge in [0.15, 0.2) is 0 Å². The van der Waals surface area contributed by atoms with E-state index in [0.29, 0.717) is 24.2 Å². The number of carbonyl (C=O) groups is 1. The van der Waals surface area contributed by atoms with Gasteiger partial charge in [-0.3, -0.25) is 9.69 Å². The Bertz CT molecular complexity index is 1090. The van der Waals surface area contributed by atoms with Crippen LogP contribution in [0.2, 0.25) is 0 Å². The maximum absolute atomic E-state index is 13.1. The molecule has 0 atom stereocenters. The maximum atomic E-state index is 13.1. The quantitative estimate of drug-likeness (QED) is 0.670. The van der Waals surface area contributed by atoms with Gasteiger partial charge in [0.05, 0.1) is 16.5 Å². The van der Waals surface area contributed by atoms with E-state index in [2.05, 4.69) is 11.0 Å². The van der Waals surface area contributed by atoms with Crippen molar-refractivity contribution in [3.8, 4) is 6.07 Å². The van der Waals surface area contributed by atoms with Crippen molar-refractivity contribution in [3.05, 3.63) is 65.2 Å². The van der Waals surface area contributed by atoms with Gasteiger partial charge in [0.25, 0.3) is 5.91 Å². The zero-order chi connectivity index (χ0) is 23.3. The van der Waals surface area contributed by atoms with Crippen LogP contribution in [0.25, 0.3) is 0 Å². The van der Waals surface area contributed by atoms with Gasteiger partial charge in [-0.25, -0.2) is 8.42 Å². The first-order valence-corrected chi connectivity index (χ1v) is 12.2.